The lowest BCUT2D eigenvalue weighted by molar-refractivity contribution is 0.0974. The molecule has 3 aromatic carbocycles. The van der Waals surface area contributed by atoms with Gasteiger partial charge in [-0.05, 0) is 35.4 Å². The van der Waals surface area contributed by atoms with Crippen LogP contribution in [-0.2, 0) is 6.42 Å². The van der Waals surface area contributed by atoms with Crippen molar-refractivity contribution in [3.63, 3.8) is 0 Å². The molecule has 0 heterocycles. The van der Waals surface area contributed by atoms with Gasteiger partial charge in [-0.25, -0.2) is 0 Å². The van der Waals surface area contributed by atoms with Crippen molar-refractivity contribution in [3.8, 4) is 17.6 Å². The molecule has 1 aliphatic rings. The predicted molar refractivity (Wildman–Crippen MR) is 102 cm³/mol. The van der Waals surface area contributed by atoms with Gasteiger partial charge in [-0.1, -0.05) is 30.3 Å². The van der Waals surface area contributed by atoms with Crippen molar-refractivity contribution in [1.29, 1.82) is 5.26 Å². The van der Waals surface area contributed by atoms with Crippen LogP contribution in [0.3, 0.4) is 0 Å². The highest BCUT2D eigenvalue weighted by Crippen LogP contribution is 2.38. The minimum absolute atomic E-state index is 0.00754. The van der Waals surface area contributed by atoms with E-state index in [1.54, 1.807) is 54.6 Å². The number of benzene rings is 3. The van der Waals surface area contributed by atoms with Crippen molar-refractivity contribution in [3.05, 3.63) is 93.5 Å². The van der Waals surface area contributed by atoms with Gasteiger partial charge in [-0.15, -0.1) is 0 Å². The Morgan fingerprint density at radius 1 is 0.929 bits per heavy atom. The highest BCUT2D eigenvalue weighted by Gasteiger charge is 2.35. The molecule has 5 nitrogen and oxygen atoms in total. The Balaban J connectivity index is 1.80. The van der Waals surface area contributed by atoms with Gasteiger partial charge in [0.05, 0.1) is 29.9 Å². The highest BCUT2D eigenvalue weighted by molar-refractivity contribution is 6.30. The van der Waals surface area contributed by atoms with Crippen LogP contribution in [0.1, 0.15) is 48.5 Å². The van der Waals surface area contributed by atoms with E-state index in [0.29, 0.717) is 23.3 Å². The average molecular weight is 369 g/mol. The van der Waals surface area contributed by atoms with E-state index in [2.05, 4.69) is 6.07 Å². The van der Waals surface area contributed by atoms with Gasteiger partial charge in [0.25, 0.3) is 0 Å². The molecule has 1 aliphatic carbocycles. The Morgan fingerprint density at radius 2 is 1.64 bits per heavy atom. The third-order valence-electron chi connectivity index (χ3n) is 4.93. The topological polar surface area (TPSA) is 87.4 Å². The first kappa shape index (κ1) is 17.5. The number of nitriles is 1. The van der Waals surface area contributed by atoms with Crippen LogP contribution < -0.4 is 4.74 Å². The first-order valence-electron chi connectivity index (χ1n) is 8.65. The van der Waals surface area contributed by atoms with Crippen LogP contribution in [0.4, 0.5) is 0 Å². The summed E-state index contributed by atoms with van der Waals surface area (Å²) in [7, 11) is 1.43. The molecular formula is C23H15NO4. The molecule has 0 spiro atoms. The van der Waals surface area contributed by atoms with E-state index in [0.717, 1.165) is 5.56 Å². The van der Waals surface area contributed by atoms with Crippen LogP contribution in [-0.4, -0.2) is 23.8 Å². The number of methoxy groups -OCH3 is 1. The number of aromatic hydroxyl groups is 1. The molecule has 0 atom stereocenters. The second-order valence-corrected chi connectivity index (χ2v) is 6.52. The number of hydrogen-bond acceptors (Lipinski definition) is 5. The number of rotatable bonds is 3. The highest BCUT2D eigenvalue weighted by atomic mass is 16.5. The fourth-order valence-electron chi connectivity index (χ4n) is 3.51. The van der Waals surface area contributed by atoms with Crippen LogP contribution in [0.5, 0.6) is 11.5 Å². The third-order valence-corrected chi connectivity index (χ3v) is 4.93. The number of carbonyl (C=O) groups is 2. The Kier molecular flexibility index (Phi) is 4.17. The molecule has 0 bridgehead atoms. The number of nitrogens with zero attached hydrogens (tertiary/aromatic N) is 1. The number of ether oxygens (including phenoxy) is 1. The molecule has 28 heavy (non-hydrogen) atoms. The van der Waals surface area contributed by atoms with Gasteiger partial charge >= 0.3 is 0 Å². The summed E-state index contributed by atoms with van der Waals surface area (Å²) in [5.41, 5.74) is 2.59. The first-order chi connectivity index (χ1) is 13.5. The molecule has 0 fully saturated rings. The zero-order valence-corrected chi connectivity index (χ0v) is 15.0. The standard InChI is InChI=1S/C23H15NO4/c1-28-18-4-2-3-16-19(18)23(27)20-17(22(16)26)10-9-15(21(20)25)11-13-5-7-14(12-24)8-6-13/h2-10,25H,11H2,1H3. The van der Waals surface area contributed by atoms with Crippen LogP contribution in [0, 0.1) is 11.3 Å². The molecule has 0 saturated carbocycles. The molecule has 1 N–H and O–H groups in total. The molecule has 0 aliphatic heterocycles. The predicted octanol–water partition coefficient (Wildman–Crippen LogP) is 3.64. The summed E-state index contributed by atoms with van der Waals surface area (Å²) in [5, 5.41) is 19.7. The minimum Gasteiger partial charge on any atom is -0.507 e. The van der Waals surface area contributed by atoms with E-state index in [1.807, 2.05) is 0 Å². The third kappa shape index (κ3) is 2.63. The number of phenols is 1. The monoisotopic (exact) mass is 369 g/mol. The average Bonchev–Trinajstić information content (AvgIpc) is 2.73. The van der Waals surface area contributed by atoms with E-state index < -0.39 is 5.78 Å². The lowest BCUT2D eigenvalue weighted by Gasteiger charge is -2.21. The molecule has 136 valence electrons. The molecular weight excluding hydrogens is 354 g/mol. The molecule has 5 heteroatoms. The Morgan fingerprint density at radius 3 is 2.32 bits per heavy atom. The quantitative estimate of drug-likeness (QED) is 0.596. The summed E-state index contributed by atoms with van der Waals surface area (Å²) in [6.45, 7) is 0. The summed E-state index contributed by atoms with van der Waals surface area (Å²) >= 11 is 0. The van der Waals surface area contributed by atoms with Crippen molar-refractivity contribution in [1.82, 2.24) is 0 Å². The van der Waals surface area contributed by atoms with Crippen LogP contribution in [0.25, 0.3) is 0 Å². The van der Waals surface area contributed by atoms with Gasteiger partial charge in [-0.2, -0.15) is 5.26 Å². The van der Waals surface area contributed by atoms with Gasteiger partial charge in [0, 0.05) is 17.5 Å². The van der Waals surface area contributed by atoms with E-state index in [4.69, 9.17) is 10.00 Å². The second-order valence-electron chi connectivity index (χ2n) is 6.52. The summed E-state index contributed by atoms with van der Waals surface area (Å²) in [5.74, 6) is -0.639. The molecule has 4 rings (SSSR count). The maximum atomic E-state index is 13.1. The smallest absolute Gasteiger partial charge is 0.201 e. The summed E-state index contributed by atoms with van der Waals surface area (Å²) in [6.07, 6.45) is 0.366. The van der Waals surface area contributed by atoms with Gasteiger partial charge in [-0.3, -0.25) is 9.59 Å². The van der Waals surface area contributed by atoms with Crippen molar-refractivity contribution >= 4 is 11.6 Å². The molecule has 0 aromatic heterocycles. The van der Waals surface area contributed by atoms with E-state index in [9.17, 15) is 14.7 Å². The maximum Gasteiger partial charge on any atom is 0.201 e. The normalized spacial score (nSPS) is 12.1. The van der Waals surface area contributed by atoms with Crippen LogP contribution in [0.15, 0.2) is 54.6 Å². The fourth-order valence-corrected chi connectivity index (χ4v) is 3.51. The molecule has 0 amide bonds. The van der Waals surface area contributed by atoms with Gasteiger partial charge in [0.1, 0.15) is 11.5 Å². The van der Waals surface area contributed by atoms with Crippen molar-refractivity contribution in [2.75, 3.05) is 7.11 Å². The van der Waals surface area contributed by atoms with Crippen molar-refractivity contribution < 1.29 is 19.4 Å². The Bertz CT molecular complexity index is 1170. The van der Waals surface area contributed by atoms with Crippen molar-refractivity contribution in [2.45, 2.75) is 6.42 Å². The minimum atomic E-state index is -0.429. The number of phenolic OH excluding ortho intramolecular Hbond substituents is 1. The second kappa shape index (κ2) is 6.67. The van der Waals surface area contributed by atoms with E-state index in [1.165, 1.54) is 7.11 Å². The number of fused-ring (bicyclic) bond motifs is 2. The zero-order chi connectivity index (χ0) is 19.8. The van der Waals surface area contributed by atoms with Gasteiger partial charge in [0.15, 0.2) is 5.78 Å². The molecule has 0 unspecified atom stereocenters. The SMILES string of the molecule is COc1cccc2c1C(=O)c1c(ccc(Cc3ccc(C#N)cc3)c1O)C2=O. The largest absolute Gasteiger partial charge is 0.507 e. The van der Waals surface area contributed by atoms with Crippen LogP contribution >= 0.6 is 0 Å². The lowest BCUT2D eigenvalue weighted by Crippen LogP contribution is -2.22. The van der Waals surface area contributed by atoms with E-state index >= 15 is 0 Å². The zero-order valence-electron chi connectivity index (χ0n) is 15.0. The number of hydrogen-bond donors (Lipinski definition) is 1. The molecule has 0 radical (unpaired) electrons. The Labute approximate surface area is 161 Å². The molecule has 3 aromatic rings. The fraction of sp³-hybridized carbons (Fsp3) is 0.0870. The number of carbonyl (C=O) groups excluding carboxylic acids is 2. The van der Waals surface area contributed by atoms with Crippen LogP contribution in [0.2, 0.25) is 0 Å². The summed E-state index contributed by atoms with van der Waals surface area (Å²) < 4.78 is 5.25. The van der Waals surface area contributed by atoms with Crippen molar-refractivity contribution in [2.24, 2.45) is 0 Å². The maximum absolute atomic E-state index is 13.1. The summed E-state index contributed by atoms with van der Waals surface area (Å²) in [6, 6.07) is 17.1. The lowest BCUT2D eigenvalue weighted by atomic mass is 9.81. The van der Waals surface area contributed by atoms with Gasteiger partial charge < -0.3 is 9.84 Å². The molecule has 0 saturated heterocycles. The Hall–Kier alpha value is -3.91. The van der Waals surface area contributed by atoms with E-state index in [-0.39, 0.29) is 33.8 Å². The number of ketones is 2. The summed E-state index contributed by atoms with van der Waals surface area (Å²) in [4.78, 5) is 26.0. The van der Waals surface area contributed by atoms with Gasteiger partial charge in [0.2, 0.25) is 5.78 Å². The first-order valence-corrected chi connectivity index (χ1v) is 8.65.